The molecule has 29 heavy (non-hydrogen) atoms. The van der Waals surface area contributed by atoms with Crippen molar-refractivity contribution in [3.63, 3.8) is 0 Å². The highest BCUT2D eigenvalue weighted by Crippen LogP contribution is 2.28. The molecule has 1 amide bonds. The van der Waals surface area contributed by atoms with Crippen LogP contribution in [-0.2, 0) is 0 Å². The molecule has 1 aliphatic carbocycles. The smallest absolute Gasteiger partial charge is 0.276 e. The maximum atomic E-state index is 12.9. The molecular formula is C19H25ClN6O3. The summed E-state index contributed by atoms with van der Waals surface area (Å²) in [6.07, 6.45) is 4.56. The lowest BCUT2D eigenvalue weighted by molar-refractivity contribution is -0.384. The molecule has 2 heterocycles. The first kappa shape index (κ1) is 21.2. The minimum atomic E-state index is -0.455. The van der Waals surface area contributed by atoms with Gasteiger partial charge in [0.25, 0.3) is 11.6 Å². The zero-order valence-electron chi connectivity index (χ0n) is 16.3. The van der Waals surface area contributed by atoms with Crippen LogP contribution in [0.25, 0.3) is 5.69 Å². The number of amides is 1. The van der Waals surface area contributed by atoms with Crippen LogP contribution in [0.1, 0.15) is 41.9 Å². The highest BCUT2D eigenvalue weighted by molar-refractivity contribution is 5.93. The molecule has 1 saturated heterocycles. The second-order valence-corrected chi connectivity index (χ2v) is 7.63. The fourth-order valence-corrected chi connectivity index (χ4v) is 3.60. The maximum Gasteiger partial charge on any atom is 0.276 e. The molecule has 9 nitrogen and oxygen atoms in total. The predicted molar refractivity (Wildman–Crippen MR) is 110 cm³/mol. The number of rotatable bonds is 6. The molecule has 0 spiro atoms. The molecule has 1 aromatic carbocycles. The molecule has 0 bridgehead atoms. The van der Waals surface area contributed by atoms with Crippen LogP contribution in [0.3, 0.4) is 0 Å². The Morgan fingerprint density at radius 1 is 1.28 bits per heavy atom. The summed E-state index contributed by atoms with van der Waals surface area (Å²) in [5.41, 5.74) is 1.37. The Morgan fingerprint density at radius 3 is 2.66 bits per heavy atom. The topological polar surface area (TPSA) is 106 Å². The molecule has 1 N–H and O–H groups in total. The van der Waals surface area contributed by atoms with Gasteiger partial charge in [-0.3, -0.25) is 14.9 Å². The number of piperidine rings is 1. The van der Waals surface area contributed by atoms with Crippen molar-refractivity contribution < 1.29 is 9.72 Å². The Morgan fingerprint density at radius 2 is 2.00 bits per heavy atom. The van der Waals surface area contributed by atoms with Crippen molar-refractivity contribution in [3.05, 3.63) is 45.8 Å². The summed E-state index contributed by atoms with van der Waals surface area (Å²) in [6, 6.07) is 6.62. The summed E-state index contributed by atoms with van der Waals surface area (Å²) in [5, 5.41) is 22.7. The van der Waals surface area contributed by atoms with E-state index in [1.54, 1.807) is 19.1 Å². The molecule has 1 aliphatic heterocycles. The van der Waals surface area contributed by atoms with Gasteiger partial charge in [0.1, 0.15) is 0 Å². The highest BCUT2D eigenvalue weighted by Gasteiger charge is 2.28. The first-order valence-corrected chi connectivity index (χ1v) is 9.72. The molecule has 0 atom stereocenters. The summed E-state index contributed by atoms with van der Waals surface area (Å²) in [7, 11) is 0. The number of non-ortho nitro benzene ring substituents is 1. The van der Waals surface area contributed by atoms with E-state index in [1.165, 1.54) is 29.7 Å². The first-order valence-electron chi connectivity index (χ1n) is 9.72. The number of benzene rings is 1. The van der Waals surface area contributed by atoms with Crippen molar-refractivity contribution in [1.82, 2.24) is 25.2 Å². The second kappa shape index (κ2) is 8.87. The summed E-state index contributed by atoms with van der Waals surface area (Å²) in [6.45, 7) is 4.25. The number of carbonyl (C=O) groups excluding carboxylic acids is 1. The van der Waals surface area contributed by atoms with E-state index in [-0.39, 0.29) is 24.0 Å². The van der Waals surface area contributed by atoms with E-state index in [0.717, 1.165) is 25.3 Å². The number of nitro benzene ring substituents is 1. The Bertz CT molecular complexity index is 890. The molecule has 0 unspecified atom stereocenters. The Balaban J connectivity index is 0.00000240. The summed E-state index contributed by atoms with van der Waals surface area (Å²) in [5.74, 6) is 0.723. The lowest BCUT2D eigenvalue weighted by atomic mass is 10.0. The van der Waals surface area contributed by atoms with Crippen molar-refractivity contribution in [2.24, 2.45) is 5.92 Å². The molecule has 4 rings (SSSR count). The SMILES string of the molecule is Cc1c(C(=O)N2CCC(NCC3CC3)CC2)nnn1-c1cccc([N+](=O)[O-])c1.Cl. The van der Waals surface area contributed by atoms with Gasteiger partial charge in [-0.05, 0) is 51.1 Å². The molecule has 10 heteroatoms. The van der Waals surface area contributed by atoms with Crippen molar-refractivity contribution in [2.75, 3.05) is 19.6 Å². The van der Waals surface area contributed by atoms with Gasteiger partial charge in [0, 0.05) is 31.3 Å². The number of carbonyl (C=O) groups is 1. The molecular weight excluding hydrogens is 396 g/mol. The zero-order valence-corrected chi connectivity index (χ0v) is 17.1. The molecule has 1 aromatic heterocycles. The monoisotopic (exact) mass is 420 g/mol. The van der Waals surface area contributed by atoms with Crippen LogP contribution in [0.2, 0.25) is 0 Å². The van der Waals surface area contributed by atoms with Crippen LogP contribution in [0.5, 0.6) is 0 Å². The predicted octanol–water partition coefficient (Wildman–Crippen LogP) is 2.51. The Labute approximate surface area is 175 Å². The standard InChI is InChI=1S/C19H24N6O3.ClH/c1-13-18(21-22-24(13)16-3-2-4-17(11-16)25(27)28)19(26)23-9-7-15(8-10-23)20-12-14-5-6-14;/h2-4,11,14-15,20H,5-10,12H2,1H3;1H. The lowest BCUT2D eigenvalue weighted by Crippen LogP contribution is -2.45. The van der Waals surface area contributed by atoms with Crippen LogP contribution in [-0.4, -0.2) is 56.4 Å². The van der Waals surface area contributed by atoms with Crippen molar-refractivity contribution in [3.8, 4) is 5.69 Å². The quantitative estimate of drug-likeness (QED) is 0.568. The number of hydrogen-bond acceptors (Lipinski definition) is 6. The van der Waals surface area contributed by atoms with Crippen molar-refractivity contribution >= 4 is 24.0 Å². The minimum absolute atomic E-state index is 0. The van der Waals surface area contributed by atoms with Gasteiger partial charge in [-0.1, -0.05) is 11.3 Å². The van der Waals surface area contributed by atoms with Crippen molar-refractivity contribution in [2.45, 2.75) is 38.6 Å². The molecule has 2 aromatic rings. The molecule has 0 radical (unpaired) electrons. The van der Waals surface area contributed by atoms with Gasteiger partial charge in [-0.15, -0.1) is 17.5 Å². The van der Waals surface area contributed by atoms with Gasteiger partial charge in [0.05, 0.1) is 16.3 Å². The third kappa shape index (κ3) is 4.73. The maximum absolute atomic E-state index is 12.9. The molecule has 2 fully saturated rings. The van der Waals surface area contributed by atoms with Crippen LogP contribution in [0.15, 0.2) is 24.3 Å². The normalized spacial score (nSPS) is 17.1. The van der Waals surface area contributed by atoms with Crippen molar-refractivity contribution in [1.29, 1.82) is 0 Å². The van der Waals surface area contributed by atoms with Crippen LogP contribution >= 0.6 is 12.4 Å². The highest BCUT2D eigenvalue weighted by atomic mass is 35.5. The molecule has 1 saturated carbocycles. The Hall–Kier alpha value is -2.52. The van der Waals surface area contributed by atoms with Gasteiger partial charge in [0.15, 0.2) is 5.69 Å². The number of hydrogen-bond donors (Lipinski definition) is 1. The van der Waals surface area contributed by atoms with E-state index in [0.29, 0.717) is 36.2 Å². The van der Waals surface area contributed by atoms with E-state index >= 15 is 0 Å². The number of nitrogens with one attached hydrogen (secondary N) is 1. The average molecular weight is 421 g/mol. The Kier molecular flexibility index (Phi) is 6.49. The number of nitrogens with zero attached hydrogens (tertiary/aromatic N) is 5. The fraction of sp³-hybridized carbons (Fsp3) is 0.526. The molecule has 156 valence electrons. The van der Waals surface area contributed by atoms with Gasteiger partial charge >= 0.3 is 0 Å². The largest absolute Gasteiger partial charge is 0.337 e. The fourth-order valence-electron chi connectivity index (χ4n) is 3.60. The van der Waals surface area contributed by atoms with Crippen LogP contribution in [0, 0.1) is 23.0 Å². The number of halogens is 1. The van der Waals surface area contributed by atoms with E-state index in [4.69, 9.17) is 0 Å². The van der Waals surface area contributed by atoms with Crippen LogP contribution in [0.4, 0.5) is 5.69 Å². The summed E-state index contributed by atoms with van der Waals surface area (Å²) in [4.78, 5) is 25.3. The molecule has 2 aliphatic rings. The van der Waals surface area contributed by atoms with Gasteiger partial charge < -0.3 is 10.2 Å². The van der Waals surface area contributed by atoms with E-state index in [9.17, 15) is 14.9 Å². The van der Waals surface area contributed by atoms with E-state index < -0.39 is 4.92 Å². The average Bonchev–Trinajstić information content (AvgIpc) is 3.47. The summed E-state index contributed by atoms with van der Waals surface area (Å²) >= 11 is 0. The van der Waals surface area contributed by atoms with Gasteiger partial charge in [0.2, 0.25) is 0 Å². The van der Waals surface area contributed by atoms with E-state index in [1.807, 2.05) is 4.90 Å². The van der Waals surface area contributed by atoms with Gasteiger partial charge in [-0.2, -0.15) is 0 Å². The number of nitro groups is 1. The third-order valence-corrected chi connectivity index (χ3v) is 5.56. The van der Waals surface area contributed by atoms with Crippen LogP contribution < -0.4 is 5.32 Å². The van der Waals surface area contributed by atoms with Gasteiger partial charge in [-0.25, -0.2) is 4.68 Å². The first-order chi connectivity index (χ1) is 13.5. The third-order valence-electron chi connectivity index (χ3n) is 5.56. The minimum Gasteiger partial charge on any atom is -0.337 e. The summed E-state index contributed by atoms with van der Waals surface area (Å²) < 4.78 is 1.48. The number of likely N-dealkylation sites (tertiary alicyclic amines) is 1. The van der Waals surface area contributed by atoms with E-state index in [2.05, 4.69) is 15.6 Å². The second-order valence-electron chi connectivity index (χ2n) is 7.63. The number of aromatic nitrogens is 3. The zero-order chi connectivity index (χ0) is 19.7. The lowest BCUT2D eigenvalue weighted by Gasteiger charge is -2.32.